The van der Waals surface area contributed by atoms with Gasteiger partial charge in [0.2, 0.25) is 0 Å². The minimum atomic E-state index is -0.817. The molecule has 1 atom stereocenters. The summed E-state index contributed by atoms with van der Waals surface area (Å²) in [4.78, 5) is 24.8. The summed E-state index contributed by atoms with van der Waals surface area (Å²) < 4.78 is 5.58. The number of amides is 2. The Hall–Kier alpha value is -1.30. The second-order valence-corrected chi connectivity index (χ2v) is 6.81. The van der Waals surface area contributed by atoms with Crippen LogP contribution < -0.4 is 5.32 Å². The average Bonchev–Trinajstić information content (AvgIpc) is 2.33. The van der Waals surface area contributed by atoms with E-state index < -0.39 is 5.97 Å². The lowest BCUT2D eigenvalue weighted by Crippen LogP contribution is -2.54. The van der Waals surface area contributed by atoms with E-state index in [1.165, 1.54) is 0 Å². The summed E-state index contributed by atoms with van der Waals surface area (Å²) in [5, 5.41) is 11.8. The van der Waals surface area contributed by atoms with E-state index in [1.807, 2.05) is 13.8 Å². The Bertz CT molecular complexity index is 369. The Balaban J connectivity index is 2.46. The number of aliphatic carboxylic acids is 1. The Labute approximate surface area is 126 Å². The fourth-order valence-electron chi connectivity index (χ4n) is 2.69. The number of morpholine rings is 1. The van der Waals surface area contributed by atoms with Gasteiger partial charge in [0.15, 0.2) is 0 Å². The van der Waals surface area contributed by atoms with Crippen LogP contribution >= 0.6 is 0 Å². The molecule has 0 aromatic carbocycles. The summed E-state index contributed by atoms with van der Waals surface area (Å²) in [7, 11) is 0. The standard InChI is InChI=1S/C15H28N2O4/c1-11(2)7-12(8-13(18)19)9-16-14(20)17-5-6-21-15(3,4)10-17/h11-12H,5-10H2,1-4H3,(H,16,20)(H,18,19)/t12-/m0/s1. The number of nitrogens with one attached hydrogen (secondary N) is 1. The summed E-state index contributed by atoms with van der Waals surface area (Å²) in [6.07, 6.45) is 0.883. The predicted molar refractivity (Wildman–Crippen MR) is 80.2 cm³/mol. The highest BCUT2D eigenvalue weighted by Gasteiger charge is 2.30. The number of rotatable bonds is 6. The molecule has 6 nitrogen and oxygen atoms in total. The molecule has 1 aliphatic rings. The second kappa shape index (κ2) is 7.64. The maximum absolute atomic E-state index is 12.2. The summed E-state index contributed by atoms with van der Waals surface area (Å²) in [6.45, 7) is 10.1. The van der Waals surface area contributed by atoms with Crippen LogP contribution in [0.4, 0.5) is 4.79 Å². The van der Waals surface area contributed by atoms with Crippen molar-refractivity contribution in [1.82, 2.24) is 10.2 Å². The van der Waals surface area contributed by atoms with E-state index in [4.69, 9.17) is 9.84 Å². The van der Waals surface area contributed by atoms with Crippen molar-refractivity contribution in [3.05, 3.63) is 0 Å². The smallest absolute Gasteiger partial charge is 0.317 e. The van der Waals surface area contributed by atoms with Gasteiger partial charge < -0.3 is 20.1 Å². The van der Waals surface area contributed by atoms with Gasteiger partial charge in [-0.3, -0.25) is 4.79 Å². The lowest BCUT2D eigenvalue weighted by atomic mass is 9.94. The van der Waals surface area contributed by atoms with Crippen molar-refractivity contribution in [3.8, 4) is 0 Å². The summed E-state index contributed by atoms with van der Waals surface area (Å²) in [6, 6.07) is -0.134. The third-order valence-electron chi connectivity index (χ3n) is 3.52. The Morgan fingerprint density at radius 3 is 2.57 bits per heavy atom. The highest BCUT2D eigenvalue weighted by Crippen LogP contribution is 2.17. The largest absolute Gasteiger partial charge is 0.481 e. The van der Waals surface area contributed by atoms with Gasteiger partial charge in [0, 0.05) is 19.5 Å². The molecular formula is C15H28N2O4. The number of nitrogens with zero attached hydrogens (tertiary/aromatic N) is 1. The highest BCUT2D eigenvalue weighted by atomic mass is 16.5. The molecule has 0 unspecified atom stereocenters. The first-order valence-corrected chi connectivity index (χ1v) is 7.58. The van der Waals surface area contributed by atoms with Gasteiger partial charge in [0.1, 0.15) is 0 Å². The van der Waals surface area contributed by atoms with Gasteiger partial charge >= 0.3 is 12.0 Å². The molecule has 0 aromatic rings. The van der Waals surface area contributed by atoms with Gasteiger partial charge in [-0.05, 0) is 32.1 Å². The summed E-state index contributed by atoms with van der Waals surface area (Å²) in [5.41, 5.74) is -0.325. The molecule has 21 heavy (non-hydrogen) atoms. The minimum Gasteiger partial charge on any atom is -0.481 e. The minimum absolute atomic E-state index is 0.0273. The van der Waals surface area contributed by atoms with Crippen LogP contribution in [0.15, 0.2) is 0 Å². The molecule has 122 valence electrons. The first-order valence-electron chi connectivity index (χ1n) is 7.58. The van der Waals surface area contributed by atoms with Gasteiger partial charge in [-0.1, -0.05) is 13.8 Å². The molecule has 2 N–H and O–H groups in total. The lowest BCUT2D eigenvalue weighted by Gasteiger charge is -2.38. The van der Waals surface area contributed by atoms with Crippen LogP contribution in [-0.4, -0.2) is 53.8 Å². The molecule has 0 aliphatic carbocycles. The van der Waals surface area contributed by atoms with E-state index in [0.717, 1.165) is 6.42 Å². The molecule has 0 radical (unpaired) electrons. The highest BCUT2D eigenvalue weighted by molar-refractivity contribution is 5.74. The van der Waals surface area contributed by atoms with Gasteiger partial charge in [-0.2, -0.15) is 0 Å². The Morgan fingerprint density at radius 2 is 2.05 bits per heavy atom. The van der Waals surface area contributed by atoms with E-state index >= 15 is 0 Å². The molecule has 1 rings (SSSR count). The van der Waals surface area contributed by atoms with Gasteiger partial charge in [0.05, 0.1) is 18.8 Å². The first kappa shape index (κ1) is 17.8. The normalized spacial score (nSPS) is 19.4. The first-order chi connectivity index (χ1) is 9.69. The quantitative estimate of drug-likeness (QED) is 0.786. The average molecular weight is 300 g/mol. The molecule has 2 amide bonds. The third-order valence-corrected chi connectivity index (χ3v) is 3.52. The Kier molecular flexibility index (Phi) is 6.45. The molecule has 1 saturated heterocycles. The van der Waals surface area contributed by atoms with Crippen LogP contribution in [0.2, 0.25) is 0 Å². The van der Waals surface area contributed by atoms with Gasteiger partial charge in [-0.25, -0.2) is 4.79 Å². The maximum Gasteiger partial charge on any atom is 0.317 e. The van der Waals surface area contributed by atoms with Gasteiger partial charge in [-0.15, -0.1) is 0 Å². The van der Waals surface area contributed by atoms with Crippen LogP contribution in [0.25, 0.3) is 0 Å². The van der Waals surface area contributed by atoms with Crippen LogP contribution in [0.1, 0.15) is 40.5 Å². The van der Waals surface area contributed by atoms with Gasteiger partial charge in [0.25, 0.3) is 0 Å². The molecule has 1 heterocycles. The van der Waals surface area contributed by atoms with E-state index in [0.29, 0.717) is 32.2 Å². The zero-order valence-corrected chi connectivity index (χ0v) is 13.5. The molecule has 0 spiro atoms. The number of carbonyl (C=O) groups excluding carboxylic acids is 1. The van der Waals surface area contributed by atoms with Crippen LogP contribution in [0.5, 0.6) is 0 Å². The summed E-state index contributed by atoms with van der Waals surface area (Å²) in [5.74, 6) is -0.434. The monoisotopic (exact) mass is 300 g/mol. The number of carboxylic acids is 1. The SMILES string of the molecule is CC(C)C[C@H](CNC(=O)N1CCOC(C)(C)C1)CC(=O)O. The number of carbonyl (C=O) groups is 2. The lowest BCUT2D eigenvalue weighted by molar-refractivity contribution is -0.138. The zero-order valence-electron chi connectivity index (χ0n) is 13.5. The van der Waals surface area contributed by atoms with E-state index in [2.05, 4.69) is 19.2 Å². The molecule has 0 saturated carbocycles. The molecule has 1 fully saturated rings. The second-order valence-electron chi connectivity index (χ2n) is 6.81. The van der Waals surface area contributed by atoms with Crippen molar-refractivity contribution in [3.63, 3.8) is 0 Å². The maximum atomic E-state index is 12.2. The van der Waals surface area contributed by atoms with E-state index in [-0.39, 0.29) is 24.0 Å². The number of ether oxygens (including phenoxy) is 1. The van der Waals surface area contributed by atoms with Crippen LogP contribution in [0, 0.1) is 11.8 Å². The zero-order chi connectivity index (χ0) is 16.0. The number of hydrogen-bond acceptors (Lipinski definition) is 3. The fraction of sp³-hybridized carbons (Fsp3) is 0.867. The topological polar surface area (TPSA) is 78.9 Å². The molecule has 0 aromatic heterocycles. The predicted octanol–water partition coefficient (Wildman–Crippen LogP) is 1.94. The molecular weight excluding hydrogens is 272 g/mol. The third kappa shape index (κ3) is 6.80. The van der Waals surface area contributed by atoms with Crippen LogP contribution in [0.3, 0.4) is 0 Å². The van der Waals surface area contributed by atoms with Crippen LogP contribution in [-0.2, 0) is 9.53 Å². The molecule has 0 bridgehead atoms. The van der Waals surface area contributed by atoms with Crippen molar-refractivity contribution >= 4 is 12.0 Å². The fourth-order valence-corrected chi connectivity index (χ4v) is 2.69. The van der Waals surface area contributed by atoms with Crippen molar-refractivity contribution in [2.24, 2.45) is 11.8 Å². The van der Waals surface area contributed by atoms with Crippen molar-refractivity contribution in [1.29, 1.82) is 0 Å². The number of carboxylic acid groups (broad SMARTS) is 1. The van der Waals surface area contributed by atoms with Crippen molar-refractivity contribution in [2.75, 3.05) is 26.2 Å². The summed E-state index contributed by atoms with van der Waals surface area (Å²) >= 11 is 0. The molecule has 1 aliphatic heterocycles. The van der Waals surface area contributed by atoms with E-state index in [9.17, 15) is 9.59 Å². The number of urea groups is 1. The van der Waals surface area contributed by atoms with Crippen molar-refractivity contribution < 1.29 is 19.4 Å². The van der Waals surface area contributed by atoms with E-state index in [1.54, 1.807) is 4.90 Å². The number of hydrogen-bond donors (Lipinski definition) is 2. The Morgan fingerprint density at radius 1 is 1.38 bits per heavy atom. The molecule has 6 heteroatoms. The van der Waals surface area contributed by atoms with Crippen molar-refractivity contribution in [2.45, 2.75) is 46.1 Å².